The smallest absolute Gasteiger partial charge is 0.143 e. The molecule has 5 rings (SSSR count). The lowest BCUT2D eigenvalue weighted by molar-refractivity contribution is 0.132. The second-order valence-electron chi connectivity index (χ2n) is 7.64. The lowest BCUT2D eigenvalue weighted by Gasteiger charge is -2.09. The van der Waals surface area contributed by atoms with Gasteiger partial charge in [-0.25, -0.2) is 0 Å². The summed E-state index contributed by atoms with van der Waals surface area (Å²) >= 11 is 0. The second kappa shape index (κ2) is 8.79. The first-order chi connectivity index (χ1) is 15.8. The summed E-state index contributed by atoms with van der Waals surface area (Å²) in [6, 6.07) is 32.8. The van der Waals surface area contributed by atoms with Gasteiger partial charge >= 0.3 is 0 Å². The van der Waals surface area contributed by atoms with Crippen LogP contribution in [0.25, 0.3) is 21.7 Å². The molecule has 1 aromatic heterocycles. The van der Waals surface area contributed by atoms with Gasteiger partial charge in [0, 0.05) is 34.8 Å². The van der Waals surface area contributed by atoms with Crippen molar-refractivity contribution in [1.82, 2.24) is 4.57 Å². The van der Waals surface area contributed by atoms with Crippen molar-refractivity contribution in [1.29, 1.82) is 5.26 Å². The Morgan fingerprint density at radius 3 is 2.44 bits per heavy atom. The average molecular weight is 415 g/mol. The van der Waals surface area contributed by atoms with Gasteiger partial charge in [-0.1, -0.05) is 84.0 Å². The number of nitrogens with zero attached hydrogens (tertiary/aromatic N) is 3. The van der Waals surface area contributed by atoms with Crippen LogP contribution in [0.2, 0.25) is 0 Å². The van der Waals surface area contributed by atoms with Crippen molar-refractivity contribution >= 4 is 27.9 Å². The van der Waals surface area contributed by atoms with Gasteiger partial charge in [0.1, 0.15) is 6.61 Å². The zero-order chi connectivity index (χ0) is 21.8. The van der Waals surface area contributed by atoms with Crippen molar-refractivity contribution in [3.05, 3.63) is 119 Å². The van der Waals surface area contributed by atoms with Gasteiger partial charge in [-0.05, 0) is 28.5 Å². The Morgan fingerprint density at radius 1 is 0.812 bits per heavy atom. The van der Waals surface area contributed by atoms with Crippen LogP contribution in [0.3, 0.4) is 0 Å². The highest BCUT2D eigenvalue weighted by Gasteiger charge is 2.09. The standard InChI is InChI=1S/C28H21N3O/c29-16-22-9-1-2-10-24(22)20-32-30-17-25-19-31(28-15-6-5-14-27(25)28)18-23-12-7-11-21-8-3-4-13-26(21)23/h1-15,17,19H,18,20H2/b30-17-. The van der Waals surface area contributed by atoms with Crippen molar-refractivity contribution in [2.75, 3.05) is 0 Å². The van der Waals surface area contributed by atoms with Gasteiger partial charge in [-0.2, -0.15) is 5.26 Å². The third-order valence-corrected chi connectivity index (χ3v) is 5.66. The van der Waals surface area contributed by atoms with Crippen molar-refractivity contribution in [2.24, 2.45) is 5.16 Å². The number of hydrogen-bond donors (Lipinski definition) is 0. The van der Waals surface area contributed by atoms with Crippen molar-refractivity contribution < 1.29 is 4.84 Å². The molecule has 0 fully saturated rings. The number of rotatable bonds is 6. The monoisotopic (exact) mass is 415 g/mol. The Labute approximate surface area is 186 Å². The Kier molecular flexibility index (Phi) is 5.38. The maximum atomic E-state index is 9.21. The minimum absolute atomic E-state index is 0.259. The highest BCUT2D eigenvalue weighted by molar-refractivity contribution is 5.99. The summed E-state index contributed by atoms with van der Waals surface area (Å²) in [5.41, 5.74) is 4.85. The van der Waals surface area contributed by atoms with E-state index in [1.807, 2.05) is 24.3 Å². The predicted molar refractivity (Wildman–Crippen MR) is 129 cm³/mol. The van der Waals surface area contributed by atoms with Gasteiger partial charge in [0.25, 0.3) is 0 Å². The summed E-state index contributed by atoms with van der Waals surface area (Å²) in [6.07, 6.45) is 3.86. The normalized spacial score (nSPS) is 11.2. The maximum Gasteiger partial charge on any atom is 0.143 e. The van der Waals surface area contributed by atoms with Gasteiger partial charge in [-0.3, -0.25) is 0 Å². The molecular formula is C28H21N3O. The Hall–Kier alpha value is -4.36. The highest BCUT2D eigenvalue weighted by atomic mass is 16.6. The SMILES string of the molecule is N#Cc1ccccc1CO/N=C\c1cn(Cc2cccc3ccccc23)c2ccccc12. The molecule has 4 nitrogen and oxygen atoms in total. The molecule has 0 aliphatic carbocycles. The van der Waals surface area contributed by atoms with E-state index < -0.39 is 0 Å². The second-order valence-corrected chi connectivity index (χ2v) is 7.64. The predicted octanol–water partition coefficient (Wildman–Crippen LogP) is 6.27. The number of benzene rings is 4. The van der Waals surface area contributed by atoms with E-state index >= 15 is 0 Å². The quantitative estimate of drug-likeness (QED) is 0.243. The van der Waals surface area contributed by atoms with E-state index in [0.717, 1.165) is 28.6 Å². The molecule has 0 aliphatic rings. The zero-order valence-corrected chi connectivity index (χ0v) is 17.5. The lowest BCUT2D eigenvalue weighted by atomic mass is 10.0. The van der Waals surface area contributed by atoms with Crippen molar-refractivity contribution in [3.8, 4) is 6.07 Å². The van der Waals surface area contributed by atoms with E-state index in [1.54, 1.807) is 12.3 Å². The molecule has 32 heavy (non-hydrogen) atoms. The van der Waals surface area contributed by atoms with E-state index in [4.69, 9.17) is 4.84 Å². The fraction of sp³-hybridized carbons (Fsp3) is 0.0714. The first-order valence-electron chi connectivity index (χ1n) is 10.5. The summed E-state index contributed by atoms with van der Waals surface area (Å²) in [5.74, 6) is 0. The molecule has 1 heterocycles. The minimum Gasteiger partial charge on any atom is -0.391 e. The van der Waals surface area contributed by atoms with E-state index in [9.17, 15) is 5.26 Å². The van der Waals surface area contributed by atoms with Crippen LogP contribution in [-0.4, -0.2) is 10.8 Å². The maximum absolute atomic E-state index is 9.21. The van der Waals surface area contributed by atoms with E-state index in [0.29, 0.717) is 5.56 Å². The van der Waals surface area contributed by atoms with Crippen LogP contribution in [0, 0.1) is 11.3 Å². The molecule has 5 aromatic rings. The van der Waals surface area contributed by atoms with Gasteiger partial charge in [0.15, 0.2) is 0 Å². The highest BCUT2D eigenvalue weighted by Crippen LogP contribution is 2.24. The van der Waals surface area contributed by atoms with E-state index in [2.05, 4.69) is 82.7 Å². The first kappa shape index (κ1) is 19.6. The number of oxime groups is 1. The molecule has 0 bridgehead atoms. The Morgan fingerprint density at radius 2 is 1.53 bits per heavy atom. The summed E-state index contributed by atoms with van der Waals surface area (Å²) in [7, 11) is 0. The van der Waals surface area contributed by atoms with E-state index in [-0.39, 0.29) is 6.61 Å². The van der Waals surface area contributed by atoms with Crippen LogP contribution in [0.15, 0.2) is 102 Å². The third-order valence-electron chi connectivity index (χ3n) is 5.66. The number of nitriles is 1. The molecule has 154 valence electrons. The fourth-order valence-electron chi connectivity index (χ4n) is 4.08. The molecule has 0 unspecified atom stereocenters. The van der Waals surface area contributed by atoms with Crippen LogP contribution in [0.1, 0.15) is 22.3 Å². The summed E-state index contributed by atoms with van der Waals surface area (Å²) in [6.45, 7) is 1.03. The van der Waals surface area contributed by atoms with Crippen LogP contribution in [0.5, 0.6) is 0 Å². The van der Waals surface area contributed by atoms with Crippen molar-refractivity contribution in [2.45, 2.75) is 13.2 Å². The molecule has 0 saturated heterocycles. The minimum atomic E-state index is 0.259. The fourth-order valence-corrected chi connectivity index (χ4v) is 4.08. The molecule has 0 saturated carbocycles. The molecule has 0 N–H and O–H groups in total. The van der Waals surface area contributed by atoms with Gasteiger partial charge in [-0.15, -0.1) is 0 Å². The topological polar surface area (TPSA) is 50.3 Å². The van der Waals surface area contributed by atoms with Crippen LogP contribution in [-0.2, 0) is 18.0 Å². The molecule has 0 atom stereocenters. The molecule has 0 aliphatic heterocycles. The van der Waals surface area contributed by atoms with Crippen LogP contribution >= 0.6 is 0 Å². The number of para-hydroxylation sites is 1. The zero-order valence-electron chi connectivity index (χ0n) is 17.5. The Balaban J connectivity index is 1.41. The molecular weight excluding hydrogens is 394 g/mol. The summed E-state index contributed by atoms with van der Waals surface area (Å²) in [5, 5.41) is 17.0. The largest absolute Gasteiger partial charge is 0.391 e. The lowest BCUT2D eigenvalue weighted by Crippen LogP contribution is -1.98. The molecule has 4 heteroatoms. The number of aromatic nitrogens is 1. The average Bonchev–Trinajstić information content (AvgIpc) is 3.20. The van der Waals surface area contributed by atoms with Crippen LogP contribution in [0.4, 0.5) is 0 Å². The number of hydrogen-bond acceptors (Lipinski definition) is 3. The Bertz CT molecular complexity index is 1470. The summed E-state index contributed by atoms with van der Waals surface area (Å²) in [4.78, 5) is 5.51. The number of fused-ring (bicyclic) bond motifs is 2. The van der Waals surface area contributed by atoms with Gasteiger partial charge in [0.05, 0.1) is 17.8 Å². The molecule has 4 aromatic carbocycles. The molecule has 0 amide bonds. The third kappa shape index (κ3) is 3.84. The molecule has 0 radical (unpaired) electrons. The van der Waals surface area contributed by atoms with Crippen LogP contribution < -0.4 is 0 Å². The summed E-state index contributed by atoms with van der Waals surface area (Å²) < 4.78 is 2.25. The van der Waals surface area contributed by atoms with Crippen molar-refractivity contribution in [3.63, 3.8) is 0 Å². The van der Waals surface area contributed by atoms with Gasteiger partial charge < -0.3 is 9.40 Å². The first-order valence-corrected chi connectivity index (χ1v) is 10.5. The van der Waals surface area contributed by atoms with Gasteiger partial charge in [0.2, 0.25) is 0 Å². The molecule has 0 spiro atoms. The van der Waals surface area contributed by atoms with E-state index in [1.165, 1.54) is 16.3 Å².